The molecule has 0 fully saturated rings. The minimum Gasteiger partial charge on any atom is -0.441 e. The van der Waals surface area contributed by atoms with E-state index in [1.165, 1.54) is 5.56 Å². The summed E-state index contributed by atoms with van der Waals surface area (Å²) >= 11 is 0. The molecule has 3 N–H and O–H groups in total. The Balaban J connectivity index is 1.14. The highest BCUT2D eigenvalue weighted by atomic mass is 16.3. The smallest absolute Gasteiger partial charge is 0.323 e. The Hall–Kier alpha value is -3.95. The van der Waals surface area contributed by atoms with Gasteiger partial charge in [-0.25, -0.2) is 14.8 Å². The lowest BCUT2D eigenvalue weighted by atomic mass is 10.1. The van der Waals surface area contributed by atoms with Crippen molar-refractivity contribution in [2.24, 2.45) is 0 Å². The molecule has 9 nitrogen and oxygen atoms in total. The van der Waals surface area contributed by atoms with Gasteiger partial charge in [-0.1, -0.05) is 30.3 Å². The third-order valence-corrected chi connectivity index (χ3v) is 6.45. The van der Waals surface area contributed by atoms with Crippen LogP contribution >= 0.6 is 0 Å². The topological polar surface area (TPSA) is 98.6 Å². The predicted molar refractivity (Wildman–Crippen MR) is 147 cm³/mol. The number of anilines is 3. The van der Waals surface area contributed by atoms with Crippen LogP contribution in [0.5, 0.6) is 0 Å². The summed E-state index contributed by atoms with van der Waals surface area (Å²) in [6.45, 7) is 4.53. The summed E-state index contributed by atoms with van der Waals surface area (Å²) in [5.41, 5.74) is 4.51. The molecule has 0 bridgehead atoms. The molecule has 0 saturated heterocycles. The van der Waals surface area contributed by atoms with Crippen molar-refractivity contribution in [3.63, 3.8) is 0 Å². The van der Waals surface area contributed by atoms with E-state index in [4.69, 9.17) is 4.42 Å². The molecule has 2 aromatic carbocycles. The maximum absolute atomic E-state index is 12.2. The van der Waals surface area contributed by atoms with E-state index in [-0.39, 0.29) is 6.03 Å². The van der Waals surface area contributed by atoms with Crippen LogP contribution < -0.4 is 16.0 Å². The zero-order valence-corrected chi connectivity index (χ0v) is 21.3. The molecule has 0 spiro atoms. The number of urea groups is 1. The number of benzene rings is 2. The number of carbonyl (C=O) groups is 1. The summed E-state index contributed by atoms with van der Waals surface area (Å²) in [4.78, 5) is 25.7. The lowest BCUT2D eigenvalue weighted by Gasteiger charge is -2.16. The second-order valence-corrected chi connectivity index (χ2v) is 9.59. The number of carbonyl (C=O) groups excluding carboxylic acids is 1. The second kappa shape index (κ2) is 11.4. The van der Waals surface area contributed by atoms with Gasteiger partial charge in [0.15, 0.2) is 0 Å². The average Bonchev–Trinajstić information content (AvgIpc) is 3.43. The molecular formula is C28H33N7O2. The molecule has 2 amide bonds. The van der Waals surface area contributed by atoms with Crippen molar-refractivity contribution >= 4 is 34.3 Å². The number of furan rings is 1. The van der Waals surface area contributed by atoms with Crippen LogP contribution in [0.4, 0.5) is 22.0 Å². The standard InChI is InChI=1S/C28H33N7O2/c1-34(2)15-6-16-35-17-23-24(18-35)37-27-25(23)26(30-19-31-27)29-14-13-20-9-11-22(12-10-20)33-28(36)32-21-7-4-3-5-8-21/h3-5,7-12,19H,6,13-18H2,1-2H3,(H,29,30,31)(H2,32,33,36). The highest BCUT2D eigenvalue weighted by Gasteiger charge is 2.27. The summed E-state index contributed by atoms with van der Waals surface area (Å²) in [5, 5.41) is 10.2. The van der Waals surface area contributed by atoms with Crippen LogP contribution in [0.1, 0.15) is 23.3 Å². The lowest BCUT2D eigenvalue weighted by molar-refractivity contribution is 0.252. The molecule has 0 saturated carbocycles. The van der Waals surface area contributed by atoms with Gasteiger partial charge in [-0.15, -0.1) is 0 Å². The minimum absolute atomic E-state index is 0.266. The molecular weight excluding hydrogens is 466 g/mol. The molecule has 4 aromatic rings. The minimum atomic E-state index is -0.266. The van der Waals surface area contributed by atoms with Gasteiger partial charge in [0, 0.05) is 36.6 Å². The zero-order chi connectivity index (χ0) is 25.6. The molecule has 0 atom stereocenters. The second-order valence-electron chi connectivity index (χ2n) is 9.59. The van der Waals surface area contributed by atoms with Crippen LogP contribution in [0.2, 0.25) is 0 Å². The van der Waals surface area contributed by atoms with Crippen LogP contribution in [-0.4, -0.2) is 59.5 Å². The molecule has 192 valence electrons. The Morgan fingerprint density at radius 2 is 1.76 bits per heavy atom. The Morgan fingerprint density at radius 1 is 1.00 bits per heavy atom. The first kappa shape index (κ1) is 24.7. The van der Waals surface area contributed by atoms with Crippen LogP contribution in [0.25, 0.3) is 11.1 Å². The quantitative estimate of drug-likeness (QED) is 0.289. The van der Waals surface area contributed by atoms with Gasteiger partial charge in [-0.2, -0.15) is 0 Å². The number of aromatic nitrogens is 2. The van der Waals surface area contributed by atoms with Gasteiger partial charge >= 0.3 is 6.03 Å². The normalized spacial score (nSPS) is 13.2. The van der Waals surface area contributed by atoms with Crippen molar-refractivity contribution < 1.29 is 9.21 Å². The number of nitrogens with zero attached hydrogens (tertiary/aromatic N) is 4. The molecule has 0 aliphatic carbocycles. The lowest BCUT2D eigenvalue weighted by Crippen LogP contribution is -2.22. The third kappa shape index (κ3) is 6.25. The Morgan fingerprint density at radius 3 is 2.51 bits per heavy atom. The number of hydrogen-bond donors (Lipinski definition) is 3. The van der Waals surface area contributed by atoms with Crippen LogP contribution in [0, 0.1) is 0 Å². The van der Waals surface area contributed by atoms with Gasteiger partial charge in [-0.05, 0) is 63.3 Å². The molecule has 5 rings (SSSR count). The van der Waals surface area contributed by atoms with E-state index in [0.29, 0.717) is 5.71 Å². The largest absolute Gasteiger partial charge is 0.441 e. The van der Waals surface area contributed by atoms with Crippen LogP contribution in [0.15, 0.2) is 65.3 Å². The predicted octanol–water partition coefficient (Wildman–Crippen LogP) is 4.79. The van der Waals surface area contributed by atoms with Crippen molar-refractivity contribution in [1.82, 2.24) is 19.8 Å². The Labute approximate surface area is 216 Å². The van der Waals surface area contributed by atoms with Crippen molar-refractivity contribution in [3.05, 3.63) is 77.8 Å². The molecule has 3 heterocycles. The van der Waals surface area contributed by atoms with Crippen molar-refractivity contribution in [2.45, 2.75) is 25.9 Å². The summed E-state index contributed by atoms with van der Waals surface area (Å²) in [7, 11) is 4.21. The first-order chi connectivity index (χ1) is 18.0. The van der Waals surface area contributed by atoms with Crippen molar-refractivity contribution in [1.29, 1.82) is 0 Å². The van der Waals surface area contributed by atoms with E-state index in [2.05, 4.69) is 49.8 Å². The van der Waals surface area contributed by atoms with E-state index >= 15 is 0 Å². The molecule has 0 radical (unpaired) electrons. The number of amides is 2. The van der Waals surface area contributed by atoms with Crippen molar-refractivity contribution in [3.8, 4) is 0 Å². The maximum Gasteiger partial charge on any atom is 0.323 e. The molecule has 1 aliphatic rings. The summed E-state index contributed by atoms with van der Waals surface area (Å²) in [6, 6.07) is 17.0. The number of fused-ring (bicyclic) bond motifs is 3. The number of para-hydroxylation sites is 1. The maximum atomic E-state index is 12.2. The van der Waals surface area contributed by atoms with E-state index < -0.39 is 0 Å². The van der Waals surface area contributed by atoms with Crippen LogP contribution in [0.3, 0.4) is 0 Å². The average molecular weight is 500 g/mol. The van der Waals surface area contributed by atoms with E-state index in [9.17, 15) is 4.79 Å². The first-order valence-corrected chi connectivity index (χ1v) is 12.6. The first-order valence-electron chi connectivity index (χ1n) is 12.6. The molecule has 37 heavy (non-hydrogen) atoms. The summed E-state index contributed by atoms with van der Waals surface area (Å²) < 4.78 is 6.07. The fraction of sp³-hybridized carbons (Fsp3) is 0.321. The van der Waals surface area contributed by atoms with E-state index in [1.54, 1.807) is 6.33 Å². The number of nitrogens with one attached hydrogen (secondary N) is 3. The zero-order valence-electron chi connectivity index (χ0n) is 21.3. The molecule has 0 unspecified atom stereocenters. The SMILES string of the molecule is CN(C)CCCN1Cc2oc3ncnc(NCCc4ccc(NC(=O)Nc5ccccc5)cc4)c3c2C1. The number of hydrogen-bond acceptors (Lipinski definition) is 7. The van der Waals surface area contributed by atoms with Crippen molar-refractivity contribution in [2.75, 3.05) is 49.7 Å². The molecule has 2 aromatic heterocycles. The van der Waals surface area contributed by atoms with Crippen LogP contribution in [-0.2, 0) is 19.5 Å². The monoisotopic (exact) mass is 499 g/mol. The third-order valence-electron chi connectivity index (χ3n) is 6.45. The fourth-order valence-corrected chi connectivity index (χ4v) is 4.61. The van der Waals surface area contributed by atoms with Gasteiger partial charge in [-0.3, -0.25) is 4.90 Å². The fourth-order valence-electron chi connectivity index (χ4n) is 4.61. The highest BCUT2D eigenvalue weighted by Crippen LogP contribution is 2.35. The van der Waals surface area contributed by atoms with Gasteiger partial charge < -0.3 is 25.3 Å². The molecule has 9 heteroatoms. The van der Waals surface area contributed by atoms with Gasteiger partial charge in [0.25, 0.3) is 0 Å². The highest BCUT2D eigenvalue weighted by molar-refractivity contribution is 5.99. The molecule has 1 aliphatic heterocycles. The van der Waals surface area contributed by atoms with Gasteiger partial charge in [0.05, 0.1) is 11.9 Å². The van der Waals surface area contributed by atoms with Gasteiger partial charge in [0.1, 0.15) is 17.9 Å². The number of rotatable bonds is 10. The summed E-state index contributed by atoms with van der Waals surface area (Å²) in [6.07, 6.45) is 3.50. The Bertz CT molecular complexity index is 1340. The van der Waals surface area contributed by atoms with Gasteiger partial charge in [0.2, 0.25) is 5.71 Å². The van der Waals surface area contributed by atoms with E-state index in [1.807, 2.05) is 54.6 Å². The van der Waals surface area contributed by atoms with E-state index in [0.717, 1.165) is 79.5 Å². The Kier molecular flexibility index (Phi) is 7.62. The summed E-state index contributed by atoms with van der Waals surface area (Å²) in [5.74, 6) is 1.82.